The van der Waals surface area contributed by atoms with Gasteiger partial charge < -0.3 is 4.57 Å². The molecule has 0 aliphatic rings. The molecule has 7 nitrogen and oxygen atoms in total. The third-order valence-electron chi connectivity index (χ3n) is 6.43. The number of imidazole rings is 2. The number of alkyl halides is 1. The number of hydrogen-bond donors (Lipinski definition) is 0. The van der Waals surface area contributed by atoms with Crippen molar-refractivity contribution in [3.8, 4) is 5.69 Å². The van der Waals surface area contributed by atoms with E-state index in [1.807, 2.05) is 54.6 Å². The van der Waals surface area contributed by atoms with E-state index in [1.54, 1.807) is 27.7 Å². The number of aromatic nitrogens is 6. The normalized spacial score (nSPS) is 11.7. The van der Waals surface area contributed by atoms with Crippen molar-refractivity contribution in [3.63, 3.8) is 0 Å². The predicted octanol–water partition coefficient (Wildman–Crippen LogP) is 5.54. The van der Waals surface area contributed by atoms with Crippen molar-refractivity contribution in [1.82, 2.24) is 28.7 Å². The number of hydrogen-bond acceptors (Lipinski definition) is 4. The van der Waals surface area contributed by atoms with Gasteiger partial charge in [0.1, 0.15) is 5.82 Å². The van der Waals surface area contributed by atoms with Gasteiger partial charge in [-0.3, -0.25) is 23.5 Å². The zero-order valence-corrected chi connectivity index (χ0v) is 20.1. The highest BCUT2D eigenvalue weighted by Crippen LogP contribution is 2.24. The second kappa shape index (κ2) is 9.20. The number of benzene rings is 2. The summed E-state index contributed by atoms with van der Waals surface area (Å²) in [6.07, 6.45) is 6.26. The first-order valence-corrected chi connectivity index (χ1v) is 12.1. The smallest absolute Gasteiger partial charge is 0.326 e. The molecule has 0 radical (unpaired) electrons. The van der Waals surface area contributed by atoms with Gasteiger partial charge >= 0.3 is 5.69 Å². The van der Waals surface area contributed by atoms with Crippen LogP contribution in [0.3, 0.4) is 0 Å². The van der Waals surface area contributed by atoms with Crippen LogP contribution in [0.15, 0.2) is 78.0 Å². The van der Waals surface area contributed by atoms with Crippen molar-refractivity contribution in [3.05, 3.63) is 94.5 Å². The lowest BCUT2D eigenvalue weighted by Gasteiger charge is -2.09. The molecule has 0 atom stereocenters. The molecular formula is C27H22ClFN6O. The number of pyridine rings is 2. The van der Waals surface area contributed by atoms with E-state index in [2.05, 4.69) is 14.5 Å². The molecule has 4 aromatic heterocycles. The first-order valence-electron chi connectivity index (χ1n) is 11.7. The number of fused-ring (bicyclic) bond motifs is 3. The minimum Gasteiger partial charge on any atom is -0.326 e. The summed E-state index contributed by atoms with van der Waals surface area (Å²) >= 11 is 6.21. The molecule has 36 heavy (non-hydrogen) atoms. The van der Waals surface area contributed by atoms with Crippen LogP contribution in [0.2, 0.25) is 5.02 Å². The topological polar surface area (TPSA) is 70.5 Å². The Kier molecular flexibility index (Phi) is 5.73. The molecule has 9 heteroatoms. The summed E-state index contributed by atoms with van der Waals surface area (Å²) in [6, 6.07) is 17.0. The molecule has 0 saturated heterocycles. The van der Waals surface area contributed by atoms with E-state index in [4.69, 9.17) is 16.6 Å². The minimum atomic E-state index is -0.367. The van der Waals surface area contributed by atoms with Crippen LogP contribution in [0.5, 0.6) is 0 Å². The van der Waals surface area contributed by atoms with Crippen LogP contribution in [0, 0.1) is 0 Å². The fraction of sp³-hybridized carbons (Fsp3) is 0.185. The quantitative estimate of drug-likeness (QED) is 0.270. The maximum absolute atomic E-state index is 13.8. The predicted molar refractivity (Wildman–Crippen MR) is 140 cm³/mol. The van der Waals surface area contributed by atoms with Gasteiger partial charge in [-0.1, -0.05) is 17.7 Å². The van der Waals surface area contributed by atoms with Crippen molar-refractivity contribution >= 4 is 44.6 Å². The van der Waals surface area contributed by atoms with Crippen LogP contribution < -0.4 is 5.69 Å². The summed E-state index contributed by atoms with van der Waals surface area (Å²) in [5.41, 5.74) is 4.52. The Bertz CT molecular complexity index is 1790. The van der Waals surface area contributed by atoms with Crippen molar-refractivity contribution in [2.75, 3.05) is 6.67 Å². The molecule has 0 fully saturated rings. The van der Waals surface area contributed by atoms with Crippen LogP contribution in [-0.2, 0) is 13.1 Å². The summed E-state index contributed by atoms with van der Waals surface area (Å²) in [6.45, 7) is 0.472. The lowest BCUT2D eigenvalue weighted by molar-refractivity contribution is 0.446. The van der Waals surface area contributed by atoms with Gasteiger partial charge in [-0.05, 0) is 61.4 Å². The molecule has 0 amide bonds. The summed E-state index contributed by atoms with van der Waals surface area (Å²) in [5, 5.41) is 1.54. The van der Waals surface area contributed by atoms with Crippen molar-refractivity contribution in [2.24, 2.45) is 0 Å². The number of halogens is 2. The van der Waals surface area contributed by atoms with E-state index in [0.717, 1.165) is 33.1 Å². The van der Waals surface area contributed by atoms with E-state index in [9.17, 15) is 9.18 Å². The number of nitrogens with zero attached hydrogens (tertiary/aromatic N) is 6. The van der Waals surface area contributed by atoms with E-state index in [1.165, 1.54) is 0 Å². The Balaban J connectivity index is 1.51. The molecule has 180 valence electrons. The van der Waals surface area contributed by atoms with E-state index >= 15 is 0 Å². The maximum atomic E-state index is 13.8. The van der Waals surface area contributed by atoms with Crippen LogP contribution in [0.25, 0.3) is 38.7 Å². The highest BCUT2D eigenvalue weighted by molar-refractivity contribution is 6.31. The fourth-order valence-corrected chi connectivity index (χ4v) is 4.90. The van der Waals surface area contributed by atoms with Crippen LogP contribution in [0.4, 0.5) is 4.39 Å². The van der Waals surface area contributed by atoms with Crippen LogP contribution >= 0.6 is 11.6 Å². The molecule has 0 aliphatic heterocycles. The molecule has 0 N–H and O–H groups in total. The minimum absolute atomic E-state index is 0.193. The Hall–Kier alpha value is -4.04. The largest absolute Gasteiger partial charge is 0.334 e. The third kappa shape index (κ3) is 3.83. The maximum Gasteiger partial charge on any atom is 0.334 e. The number of unbranched alkanes of at least 4 members (excludes halogenated alkanes) is 1. The van der Waals surface area contributed by atoms with Gasteiger partial charge in [0.05, 0.1) is 52.7 Å². The lowest BCUT2D eigenvalue weighted by Crippen LogP contribution is -2.25. The molecule has 0 aliphatic carbocycles. The van der Waals surface area contributed by atoms with Gasteiger partial charge in [0.25, 0.3) is 0 Å². The average Bonchev–Trinajstić information content (AvgIpc) is 3.37. The first-order chi connectivity index (χ1) is 17.6. The highest BCUT2D eigenvalue weighted by Gasteiger charge is 2.19. The molecule has 0 saturated carbocycles. The molecular weight excluding hydrogens is 479 g/mol. The zero-order valence-electron chi connectivity index (χ0n) is 19.3. The Morgan fingerprint density at radius 3 is 2.69 bits per heavy atom. The standard InChI is InChI=1S/C27H22ClFN6O/c28-19-5-8-23-22(15-19)32-26(33(23)13-2-1-10-29)17-34-25-16-30-12-9-24(25)35(27(34)36)20-6-7-21-18(14-20)4-3-11-31-21/h3-9,11-12,14-16H,1-2,10,13,17H2. The third-order valence-corrected chi connectivity index (χ3v) is 6.67. The van der Waals surface area contributed by atoms with Crippen molar-refractivity contribution in [2.45, 2.75) is 25.9 Å². The van der Waals surface area contributed by atoms with Crippen molar-refractivity contribution < 1.29 is 4.39 Å². The lowest BCUT2D eigenvalue weighted by atomic mass is 10.2. The van der Waals surface area contributed by atoms with E-state index in [-0.39, 0.29) is 18.9 Å². The van der Waals surface area contributed by atoms with Gasteiger partial charge in [0, 0.05) is 29.3 Å². The Labute approximate surface area is 210 Å². The van der Waals surface area contributed by atoms with E-state index in [0.29, 0.717) is 35.8 Å². The van der Waals surface area contributed by atoms with Gasteiger partial charge in [0.15, 0.2) is 0 Å². The SMILES string of the molecule is O=c1n(Cc2nc3cc(Cl)ccc3n2CCCCF)c2cnccc2n1-c1ccc2ncccc2c1. The number of aryl methyl sites for hydroxylation is 1. The van der Waals surface area contributed by atoms with Gasteiger partial charge in [0.2, 0.25) is 0 Å². The molecule has 0 unspecified atom stereocenters. The summed E-state index contributed by atoms with van der Waals surface area (Å²) in [4.78, 5) is 27.3. The molecule has 6 aromatic rings. The second-order valence-electron chi connectivity index (χ2n) is 8.66. The summed E-state index contributed by atoms with van der Waals surface area (Å²) in [5.74, 6) is 0.707. The van der Waals surface area contributed by atoms with Crippen LogP contribution in [0.1, 0.15) is 18.7 Å². The highest BCUT2D eigenvalue weighted by atomic mass is 35.5. The molecule has 0 spiro atoms. The van der Waals surface area contributed by atoms with Crippen molar-refractivity contribution in [1.29, 1.82) is 0 Å². The number of rotatable bonds is 7. The monoisotopic (exact) mass is 500 g/mol. The molecule has 4 heterocycles. The van der Waals surface area contributed by atoms with E-state index < -0.39 is 0 Å². The molecule has 0 bridgehead atoms. The average molecular weight is 501 g/mol. The van der Waals surface area contributed by atoms with Crippen LogP contribution in [-0.4, -0.2) is 35.3 Å². The second-order valence-corrected chi connectivity index (χ2v) is 9.09. The fourth-order valence-electron chi connectivity index (χ4n) is 4.74. The van der Waals surface area contributed by atoms with Gasteiger partial charge in [-0.2, -0.15) is 0 Å². The Morgan fingerprint density at radius 1 is 0.889 bits per heavy atom. The molecule has 2 aromatic carbocycles. The first kappa shape index (κ1) is 22.4. The summed E-state index contributed by atoms with van der Waals surface area (Å²) < 4.78 is 18.2. The molecule has 6 rings (SSSR count). The Morgan fingerprint density at radius 2 is 1.81 bits per heavy atom. The summed E-state index contributed by atoms with van der Waals surface area (Å²) in [7, 11) is 0. The van der Waals surface area contributed by atoms with Gasteiger partial charge in [-0.15, -0.1) is 0 Å². The zero-order chi connectivity index (χ0) is 24.6. The van der Waals surface area contributed by atoms with Gasteiger partial charge in [-0.25, -0.2) is 9.78 Å².